The molecule has 0 fully saturated rings. The number of benzene rings is 4. The molecule has 0 heterocycles. The van der Waals surface area contributed by atoms with Gasteiger partial charge in [-0.3, -0.25) is 4.79 Å². The number of hydrogen-bond donors (Lipinski definition) is 4. The lowest BCUT2D eigenvalue weighted by molar-refractivity contribution is 0.102. The highest BCUT2D eigenvalue weighted by Crippen LogP contribution is 2.25. The van der Waals surface area contributed by atoms with Gasteiger partial charge in [-0.05, 0) is 97.8 Å². The van der Waals surface area contributed by atoms with Crippen molar-refractivity contribution in [3.8, 4) is 17.2 Å². The second kappa shape index (κ2) is 10.5. The van der Waals surface area contributed by atoms with Crippen LogP contribution in [0.4, 0.5) is 22.7 Å². The van der Waals surface area contributed by atoms with Gasteiger partial charge in [0.1, 0.15) is 17.2 Å². The Balaban J connectivity index is 1.30. The van der Waals surface area contributed by atoms with E-state index in [1.807, 2.05) is 62.4 Å². The highest BCUT2D eigenvalue weighted by atomic mass is 16.5. The number of amides is 1. The molecule has 0 saturated carbocycles. The first-order valence-corrected chi connectivity index (χ1v) is 11.2. The zero-order chi connectivity index (χ0) is 24.8. The third kappa shape index (κ3) is 6.23. The molecular weight excluding hydrogens is 440 g/mol. The Labute approximate surface area is 204 Å². The van der Waals surface area contributed by atoms with E-state index in [2.05, 4.69) is 10.6 Å². The molecule has 0 unspecified atom stereocenters. The van der Waals surface area contributed by atoms with E-state index in [1.54, 1.807) is 36.4 Å². The molecule has 4 aromatic carbocycles. The van der Waals surface area contributed by atoms with E-state index in [-0.39, 0.29) is 5.91 Å². The number of anilines is 4. The summed E-state index contributed by atoms with van der Waals surface area (Å²) in [6.45, 7) is 4.23. The SMILES string of the molecule is Cc1ccc(N)cc1NCOc1ccc(Oc2ccc(C(=O)Nc3cc(N)ccc3C)cc2)cc1. The summed E-state index contributed by atoms with van der Waals surface area (Å²) >= 11 is 0. The molecule has 0 bridgehead atoms. The molecular formula is C28H28N4O3. The van der Waals surface area contributed by atoms with Gasteiger partial charge in [-0.1, -0.05) is 12.1 Å². The number of rotatable bonds is 8. The van der Waals surface area contributed by atoms with Gasteiger partial charge in [0.2, 0.25) is 0 Å². The summed E-state index contributed by atoms with van der Waals surface area (Å²) in [7, 11) is 0. The summed E-state index contributed by atoms with van der Waals surface area (Å²) in [5.41, 5.74) is 17.1. The van der Waals surface area contributed by atoms with Crippen molar-refractivity contribution in [2.45, 2.75) is 13.8 Å². The minimum Gasteiger partial charge on any atom is -0.473 e. The van der Waals surface area contributed by atoms with Crippen LogP contribution < -0.4 is 31.6 Å². The van der Waals surface area contributed by atoms with Crippen LogP contribution in [0.1, 0.15) is 21.5 Å². The van der Waals surface area contributed by atoms with Crippen molar-refractivity contribution in [1.82, 2.24) is 0 Å². The van der Waals surface area contributed by atoms with Crippen molar-refractivity contribution in [2.75, 3.05) is 28.8 Å². The molecule has 0 aliphatic rings. The molecule has 0 aliphatic heterocycles. The largest absolute Gasteiger partial charge is 0.473 e. The van der Waals surface area contributed by atoms with Crippen molar-refractivity contribution < 1.29 is 14.3 Å². The predicted octanol–water partition coefficient (Wildman–Crippen LogP) is 5.96. The zero-order valence-electron chi connectivity index (χ0n) is 19.7. The van der Waals surface area contributed by atoms with Crippen molar-refractivity contribution >= 4 is 28.7 Å². The summed E-state index contributed by atoms with van der Waals surface area (Å²) in [6, 6.07) is 25.4. The fourth-order valence-electron chi connectivity index (χ4n) is 3.41. The molecule has 178 valence electrons. The van der Waals surface area contributed by atoms with Crippen LogP contribution in [-0.4, -0.2) is 12.6 Å². The molecule has 0 saturated heterocycles. The highest BCUT2D eigenvalue weighted by Gasteiger charge is 2.09. The minimum absolute atomic E-state index is 0.214. The molecule has 0 radical (unpaired) electrons. The average Bonchev–Trinajstić information content (AvgIpc) is 2.85. The summed E-state index contributed by atoms with van der Waals surface area (Å²) in [4.78, 5) is 12.6. The number of aryl methyl sites for hydroxylation is 2. The maximum absolute atomic E-state index is 12.6. The van der Waals surface area contributed by atoms with Gasteiger partial charge in [-0.25, -0.2) is 0 Å². The Kier molecular flexibility index (Phi) is 7.07. The lowest BCUT2D eigenvalue weighted by Gasteiger charge is -2.12. The van der Waals surface area contributed by atoms with Gasteiger partial charge in [-0.2, -0.15) is 0 Å². The summed E-state index contributed by atoms with van der Waals surface area (Å²) in [6.07, 6.45) is 0. The third-order valence-electron chi connectivity index (χ3n) is 5.45. The first-order valence-electron chi connectivity index (χ1n) is 11.2. The Morgan fingerprint density at radius 1 is 0.714 bits per heavy atom. The molecule has 1 amide bonds. The molecule has 7 nitrogen and oxygen atoms in total. The van der Waals surface area contributed by atoms with Crippen molar-refractivity contribution in [1.29, 1.82) is 0 Å². The highest BCUT2D eigenvalue weighted by molar-refractivity contribution is 6.04. The Hall–Kier alpha value is -4.65. The van der Waals surface area contributed by atoms with Crippen LogP contribution in [0.5, 0.6) is 17.2 Å². The molecule has 0 aromatic heterocycles. The molecule has 0 aliphatic carbocycles. The lowest BCUT2D eigenvalue weighted by Crippen LogP contribution is -2.12. The molecule has 4 aromatic rings. The van der Waals surface area contributed by atoms with Crippen LogP contribution in [0.25, 0.3) is 0 Å². The van der Waals surface area contributed by atoms with Gasteiger partial charge >= 0.3 is 0 Å². The number of nitrogens with two attached hydrogens (primary N) is 2. The zero-order valence-corrected chi connectivity index (χ0v) is 19.7. The fourth-order valence-corrected chi connectivity index (χ4v) is 3.41. The number of nitrogens with one attached hydrogen (secondary N) is 2. The minimum atomic E-state index is -0.214. The van der Waals surface area contributed by atoms with Crippen LogP contribution in [0.2, 0.25) is 0 Å². The Bertz CT molecular complexity index is 1320. The van der Waals surface area contributed by atoms with Gasteiger partial charge < -0.3 is 31.6 Å². The van der Waals surface area contributed by atoms with Crippen LogP contribution in [0.3, 0.4) is 0 Å². The first kappa shape index (κ1) is 23.5. The molecule has 0 spiro atoms. The van der Waals surface area contributed by atoms with Crippen LogP contribution in [-0.2, 0) is 0 Å². The van der Waals surface area contributed by atoms with E-state index >= 15 is 0 Å². The molecule has 7 heteroatoms. The van der Waals surface area contributed by atoms with E-state index in [0.717, 1.165) is 16.8 Å². The maximum atomic E-state index is 12.6. The summed E-state index contributed by atoms with van der Waals surface area (Å²) in [5, 5.41) is 6.11. The molecule has 4 rings (SSSR count). The van der Waals surface area contributed by atoms with Crippen molar-refractivity contribution in [2.24, 2.45) is 0 Å². The van der Waals surface area contributed by atoms with Crippen LogP contribution >= 0.6 is 0 Å². The van der Waals surface area contributed by atoms with E-state index < -0.39 is 0 Å². The van der Waals surface area contributed by atoms with Crippen molar-refractivity contribution in [3.63, 3.8) is 0 Å². The van der Waals surface area contributed by atoms with Crippen LogP contribution in [0, 0.1) is 13.8 Å². The quantitative estimate of drug-likeness (QED) is 0.187. The van der Waals surface area contributed by atoms with E-state index in [9.17, 15) is 4.79 Å². The standard InChI is InChI=1S/C28H28N4O3/c1-18-3-7-21(29)15-26(18)31-17-34-23-11-13-25(14-12-23)35-24-9-5-20(6-10-24)28(33)32-27-16-22(30)8-4-19(27)2/h3-16,31H,17,29-30H2,1-2H3,(H,32,33). The second-order valence-electron chi connectivity index (χ2n) is 8.17. The maximum Gasteiger partial charge on any atom is 0.255 e. The van der Waals surface area contributed by atoms with Gasteiger partial charge in [0, 0.05) is 28.3 Å². The average molecular weight is 469 g/mol. The topological polar surface area (TPSA) is 112 Å². The van der Waals surface area contributed by atoms with Gasteiger partial charge in [0.25, 0.3) is 5.91 Å². The number of hydrogen-bond acceptors (Lipinski definition) is 6. The van der Waals surface area contributed by atoms with Gasteiger partial charge in [-0.15, -0.1) is 0 Å². The number of carbonyl (C=O) groups excluding carboxylic acids is 1. The predicted molar refractivity (Wildman–Crippen MR) is 141 cm³/mol. The Morgan fingerprint density at radius 2 is 1.23 bits per heavy atom. The van der Waals surface area contributed by atoms with Gasteiger partial charge in [0.15, 0.2) is 6.73 Å². The monoisotopic (exact) mass is 468 g/mol. The second-order valence-corrected chi connectivity index (χ2v) is 8.17. The van der Waals surface area contributed by atoms with E-state index in [4.69, 9.17) is 20.9 Å². The van der Waals surface area contributed by atoms with Crippen LogP contribution in [0.15, 0.2) is 84.9 Å². The number of nitrogen functional groups attached to an aromatic ring is 2. The Morgan fingerprint density at radius 3 is 1.86 bits per heavy atom. The number of ether oxygens (including phenoxy) is 2. The molecule has 6 N–H and O–H groups in total. The van der Waals surface area contributed by atoms with E-state index in [1.165, 1.54) is 0 Å². The summed E-state index contributed by atoms with van der Waals surface area (Å²) < 4.78 is 11.6. The third-order valence-corrected chi connectivity index (χ3v) is 5.45. The summed E-state index contributed by atoms with van der Waals surface area (Å²) in [5.74, 6) is 1.77. The number of carbonyl (C=O) groups is 1. The lowest BCUT2D eigenvalue weighted by atomic mass is 10.1. The normalized spacial score (nSPS) is 10.5. The molecule has 0 atom stereocenters. The fraction of sp³-hybridized carbons (Fsp3) is 0.107. The smallest absolute Gasteiger partial charge is 0.255 e. The van der Waals surface area contributed by atoms with E-state index in [0.29, 0.717) is 46.6 Å². The van der Waals surface area contributed by atoms with Crippen molar-refractivity contribution in [3.05, 3.63) is 102 Å². The molecule has 35 heavy (non-hydrogen) atoms. The first-order chi connectivity index (χ1) is 16.9. The van der Waals surface area contributed by atoms with Gasteiger partial charge in [0.05, 0.1) is 0 Å².